The van der Waals surface area contributed by atoms with Crippen molar-refractivity contribution >= 4 is 27.4 Å². The lowest BCUT2D eigenvalue weighted by molar-refractivity contribution is 0.0700. The van der Waals surface area contributed by atoms with Gasteiger partial charge in [0.05, 0.1) is 0 Å². The van der Waals surface area contributed by atoms with Gasteiger partial charge in [-0.2, -0.15) is 0 Å². The second-order valence-electron chi connectivity index (χ2n) is 5.28. The van der Waals surface area contributed by atoms with Crippen LogP contribution in [0.25, 0.3) is 10.1 Å². The average Bonchev–Trinajstić information content (AvgIpc) is 3.04. The van der Waals surface area contributed by atoms with E-state index in [0.717, 1.165) is 35.2 Å². The third-order valence-corrected chi connectivity index (χ3v) is 5.10. The summed E-state index contributed by atoms with van der Waals surface area (Å²) in [5.41, 5.74) is 0.914. The fraction of sp³-hybridized carbons (Fsp3) is 0.400. The maximum Gasteiger partial charge on any atom is 0.346 e. The minimum Gasteiger partial charge on any atom is -0.477 e. The first-order valence-corrected chi connectivity index (χ1v) is 7.57. The Hall–Kier alpha value is -1.43. The van der Waals surface area contributed by atoms with E-state index in [4.69, 9.17) is 0 Å². The third kappa shape index (κ3) is 2.44. The maximum absolute atomic E-state index is 11.4. The lowest BCUT2D eigenvalue weighted by atomic mass is 10.1. The number of benzene rings is 1. The van der Waals surface area contributed by atoms with Gasteiger partial charge in [-0.05, 0) is 35.9 Å². The van der Waals surface area contributed by atoms with Crippen molar-refractivity contribution in [1.29, 1.82) is 0 Å². The summed E-state index contributed by atoms with van der Waals surface area (Å²) in [6.07, 6.45) is 0.987. The van der Waals surface area contributed by atoms with Crippen molar-refractivity contribution in [3.05, 3.63) is 34.7 Å². The normalized spacial score (nSPS) is 19.8. The first-order chi connectivity index (χ1) is 9.69. The lowest BCUT2D eigenvalue weighted by Gasteiger charge is -2.15. The molecular formula is C15H17NO3S. The molecule has 1 fully saturated rings. The van der Waals surface area contributed by atoms with Crippen molar-refractivity contribution < 1.29 is 15.0 Å². The van der Waals surface area contributed by atoms with Gasteiger partial charge in [0.15, 0.2) is 0 Å². The number of carboxylic acid groups (broad SMARTS) is 1. The zero-order valence-corrected chi connectivity index (χ0v) is 11.9. The van der Waals surface area contributed by atoms with Crippen molar-refractivity contribution in [2.45, 2.75) is 13.0 Å². The molecule has 5 heteroatoms. The Morgan fingerprint density at radius 3 is 2.90 bits per heavy atom. The van der Waals surface area contributed by atoms with Crippen LogP contribution in [0.3, 0.4) is 0 Å². The molecule has 1 aromatic heterocycles. The van der Waals surface area contributed by atoms with E-state index in [9.17, 15) is 15.0 Å². The van der Waals surface area contributed by atoms with E-state index in [0.29, 0.717) is 17.3 Å². The molecule has 3 rings (SSSR count). The fourth-order valence-corrected chi connectivity index (χ4v) is 3.91. The summed E-state index contributed by atoms with van der Waals surface area (Å²) in [6.45, 7) is 2.64. The molecule has 1 aliphatic rings. The number of fused-ring (bicyclic) bond motifs is 1. The highest BCUT2D eigenvalue weighted by atomic mass is 32.1. The van der Waals surface area contributed by atoms with Crippen molar-refractivity contribution in [2.24, 2.45) is 5.92 Å². The number of hydrogen-bond acceptors (Lipinski definition) is 4. The molecule has 2 heterocycles. The molecule has 1 atom stereocenters. The Balaban J connectivity index is 1.93. The van der Waals surface area contributed by atoms with Crippen LogP contribution < -0.4 is 0 Å². The molecule has 1 aliphatic heterocycles. The van der Waals surface area contributed by atoms with E-state index in [2.05, 4.69) is 4.90 Å². The van der Waals surface area contributed by atoms with Gasteiger partial charge in [0.25, 0.3) is 0 Å². The molecule has 0 radical (unpaired) electrons. The first kappa shape index (κ1) is 13.5. The zero-order chi connectivity index (χ0) is 14.1. The monoisotopic (exact) mass is 291 g/mol. The van der Waals surface area contributed by atoms with Crippen LogP contribution in [0.2, 0.25) is 0 Å². The summed E-state index contributed by atoms with van der Waals surface area (Å²) in [4.78, 5) is 14.1. The molecule has 0 bridgehead atoms. The molecule has 106 valence electrons. The topological polar surface area (TPSA) is 60.8 Å². The molecule has 0 saturated carbocycles. The summed E-state index contributed by atoms with van der Waals surface area (Å²) in [5, 5.41) is 19.6. The molecule has 2 aromatic rings. The highest BCUT2D eigenvalue weighted by molar-refractivity contribution is 7.21. The quantitative estimate of drug-likeness (QED) is 0.908. The molecule has 1 unspecified atom stereocenters. The number of aliphatic hydroxyl groups excluding tert-OH is 1. The van der Waals surface area contributed by atoms with Crippen molar-refractivity contribution in [3.8, 4) is 0 Å². The number of rotatable bonds is 4. The van der Waals surface area contributed by atoms with Crippen LogP contribution in [0.5, 0.6) is 0 Å². The van der Waals surface area contributed by atoms with E-state index in [1.54, 1.807) is 0 Å². The number of carboxylic acids is 1. The molecule has 0 aliphatic carbocycles. The standard InChI is InChI=1S/C15H17NO3S/c17-9-10-5-6-16(7-10)8-12-11-3-1-2-4-13(11)20-14(12)15(18)19/h1-4,10,17H,5-9H2,(H,18,19). The van der Waals surface area contributed by atoms with Crippen LogP contribution >= 0.6 is 11.3 Å². The summed E-state index contributed by atoms with van der Waals surface area (Å²) in [7, 11) is 0. The van der Waals surface area contributed by atoms with Gasteiger partial charge in [-0.1, -0.05) is 18.2 Å². The Morgan fingerprint density at radius 1 is 1.40 bits per heavy atom. The summed E-state index contributed by atoms with van der Waals surface area (Å²) >= 11 is 1.35. The van der Waals surface area contributed by atoms with Gasteiger partial charge in [-0.3, -0.25) is 4.90 Å². The second-order valence-corrected chi connectivity index (χ2v) is 6.34. The van der Waals surface area contributed by atoms with Crippen LogP contribution in [-0.2, 0) is 6.54 Å². The zero-order valence-electron chi connectivity index (χ0n) is 11.1. The van der Waals surface area contributed by atoms with Gasteiger partial charge in [-0.25, -0.2) is 4.79 Å². The van der Waals surface area contributed by atoms with Gasteiger partial charge < -0.3 is 10.2 Å². The average molecular weight is 291 g/mol. The minimum absolute atomic E-state index is 0.215. The van der Waals surface area contributed by atoms with Crippen molar-refractivity contribution in [3.63, 3.8) is 0 Å². The Kier molecular flexibility index (Phi) is 3.74. The number of likely N-dealkylation sites (tertiary alicyclic amines) is 1. The van der Waals surface area contributed by atoms with Crippen LogP contribution in [-0.4, -0.2) is 40.8 Å². The number of aliphatic hydroxyl groups is 1. The summed E-state index contributed by atoms with van der Waals surface area (Å²) in [5.74, 6) is -0.521. The molecule has 4 nitrogen and oxygen atoms in total. The van der Waals surface area contributed by atoms with Gasteiger partial charge in [0, 0.05) is 24.4 Å². The molecule has 0 amide bonds. The third-order valence-electron chi connectivity index (χ3n) is 3.90. The van der Waals surface area contributed by atoms with Crippen LogP contribution in [0, 0.1) is 5.92 Å². The fourth-order valence-electron chi connectivity index (χ4n) is 2.86. The van der Waals surface area contributed by atoms with E-state index < -0.39 is 5.97 Å². The predicted molar refractivity (Wildman–Crippen MR) is 79.3 cm³/mol. The number of aromatic carboxylic acids is 1. The van der Waals surface area contributed by atoms with E-state index in [1.807, 2.05) is 24.3 Å². The number of nitrogens with zero attached hydrogens (tertiary/aromatic N) is 1. The van der Waals surface area contributed by atoms with Crippen molar-refractivity contribution in [2.75, 3.05) is 19.7 Å². The SMILES string of the molecule is O=C(O)c1sc2ccccc2c1CN1CCC(CO)C1. The summed E-state index contributed by atoms with van der Waals surface area (Å²) in [6, 6.07) is 7.85. The van der Waals surface area contributed by atoms with Gasteiger partial charge in [-0.15, -0.1) is 11.3 Å². The molecule has 0 spiro atoms. The highest BCUT2D eigenvalue weighted by Gasteiger charge is 2.25. The molecule has 1 aromatic carbocycles. The minimum atomic E-state index is -0.848. The Morgan fingerprint density at radius 2 is 2.20 bits per heavy atom. The number of thiophene rings is 1. The Labute approximate surface area is 121 Å². The van der Waals surface area contributed by atoms with E-state index >= 15 is 0 Å². The second kappa shape index (κ2) is 5.52. The summed E-state index contributed by atoms with van der Waals surface area (Å²) < 4.78 is 1.03. The molecule has 20 heavy (non-hydrogen) atoms. The van der Waals surface area contributed by atoms with Gasteiger partial charge in [0.2, 0.25) is 0 Å². The van der Waals surface area contributed by atoms with Gasteiger partial charge >= 0.3 is 5.97 Å². The highest BCUT2D eigenvalue weighted by Crippen LogP contribution is 2.33. The largest absolute Gasteiger partial charge is 0.477 e. The van der Waals surface area contributed by atoms with E-state index in [-0.39, 0.29) is 6.61 Å². The molecule has 1 saturated heterocycles. The molecular weight excluding hydrogens is 274 g/mol. The Bertz CT molecular complexity index is 637. The van der Waals surface area contributed by atoms with Crippen LogP contribution in [0.1, 0.15) is 21.7 Å². The predicted octanol–water partition coefficient (Wildman–Crippen LogP) is 2.41. The van der Waals surface area contributed by atoms with E-state index in [1.165, 1.54) is 11.3 Å². The maximum atomic E-state index is 11.4. The number of carbonyl (C=O) groups is 1. The van der Waals surface area contributed by atoms with Crippen LogP contribution in [0.15, 0.2) is 24.3 Å². The molecule has 2 N–H and O–H groups in total. The van der Waals surface area contributed by atoms with Crippen molar-refractivity contribution in [1.82, 2.24) is 4.90 Å². The first-order valence-electron chi connectivity index (χ1n) is 6.76. The number of hydrogen-bond donors (Lipinski definition) is 2. The lowest BCUT2D eigenvalue weighted by Crippen LogP contribution is -2.21. The van der Waals surface area contributed by atoms with Gasteiger partial charge in [0.1, 0.15) is 4.88 Å². The smallest absolute Gasteiger partial charge is 0.346 e. The van der Waals surface area contributed by atoms with Crippen LogP contribution in [0.4, 0.5) is 0 Å².